The molecule has 1 aromatic rings. The third-order valence-corrected chi connectivity index (χ3v) is 3.22. The molecule has 4 heteroatoms. The zero-order valence-electron chi connectivity index (χ0n) is 9.66. The molecule has 1 N–H and O–H groups in total. The minimum atomic E-state index is 0.438. The highest BCUT2D eigenvalue weighted by atomic mass is 79.9. The van der Waals surface area contributed by atoms with Crippen LogP contribution in [-0.2, 0) is 4.74 Å². The molecule has 88 valence electrons. The third-order valence-electron chi connectivity index (χ3n) is 2.73. The van der Waals surface area contributed by atoms with E-state index in [1.54, 1.807) is 0 Å². The first-order valence-corrected chi connectivity index (χ1v) is 6.27. The number of ether oxygens (including phenoxy) is 1. The Morgan fingerprint density at radius 3 is 2.88 bits per heavy atom. The van der Waals surface area contributed by atoms with Crippen LogP contribution < -0.4 is 10.2 Å². The van der Waals surface area contributed by atoms with Crippen molar-refractivity contribution in [1.82, 2.24) is 0 Å². The number of benzene rings is 1. The molecule has 3 nitrogen and oxygen atoms in total. The summed E-state index contributed by atoms with van der Waals surface area (Å²) in [6.45, 7) is 1.67. The molecular weight excluding hydrogens is 268 g/mol. The summed E-state index contributed by atoms with van der Waals surface area (Å²) in [5, 5.41) is 3.53. The molecule has 0 aliphatic carbocycles. The fourth-order valence-corrected chi connectivity index (χ4v) is 2.24. The number of nitrogens with zero attached hydrogens (tertiary/aromatic N) is 1. The Morgan fingerprint density at radius 1 is 1.44 bits per heavy atom. The van der Waals surface area contributed by atoms with Gasteiger partial charge in [0.2, 0.25) is 0 Å². The van der Waals surface area contributed by atoms with E-state index < -0.39 is 0 Å². The topological polar surface area (TPSA) is 24.5 Å². The van der Waals surface area contributed by atoms with Crippen molar-refractivity contribution in [3.8, 4) is 0 Å². The summed E-state index contributed by atoms with van der Waals surface area (Å²) >= 11 is 3.51. The summed E-state index contributed by atoms with van der Waals surface area (Å²) in [6, 6.07) is 6.73. The molecular formula is C12H17BrN2O. The lowest BCUT2D eigenvalue weighted by Gasteiger charge is -2.21. The predicted octanol–water partition coefficient (Wildman–Crippen LogP) is 2.72. The van der Waals surface area contributed by atoms with Crippen LogP contribution in [0.4, 0.5) is 11.4 Å². The van der Waals surface area contributed by atoms with Crippen molar-refractivity contribution in [2.24, 2.45) is 0 Å². The van der Waals surface area contributed by atoms with Gasteiger partial charge in [-0.15, -0.1) is 0 Å². The third kappa shape index (κ3) is 2.68. The minimum absolute atomic E-state index is 0.438. The van der Waals surface area contributed by atoms with Gasteiger partial charge in [-0.25, -0.2) is 0 Å². The van der Waals surface area contributed by atoms with Crippen molar-refractivity contribution in [3.63, 3.8) is 0 Å². The summed E-state index contributed by atoms with van der Waals surface area (Å²) in [5.74, 6) is 0. The highest BCUT2D eigenvalue weighted by Gasteiger charge is 2.17. The van der Waals surface area contributed by atoms with Gasteiger partial charge < -0.3 is 15.0 Å². The molecule has 1 saturated heterocycles. The largest absolute Gasteiger partial charge is 0.379 e. The van der Waals surface area contributed by atoms with Gasteiger partial charge in [0.25, 0.3) is 0 Å². The first kappa shape index (κ1) is 11.7. The first-order chi connectivity index (χ1) is 7.66. The molecule has 0 radical (unpaired) electrons. The van der Waals surface area contributed by atoms with Crippen LogP contribution in [0.15, 0.2) is 22.7 Å². The van der Waals surface area contributed by atoms with Crippen LogP contribution in [0.1, 0.15) is 6.42 Å². The standard InChI is InChI=1S/C12H17BrN2O/c1-15(2)12-4-3-9(13)7-11(12)14-10-5-6-16-8-10/h3-4,7,10,14H,5-6,8H2,1-2H3. The van der Waals surface area contributed by atoms with Crippen molar-refractivity contribution in [3.05, 3.63) is 22.7 Å². The Hall–Kier alpha value is -0.740. The lowest BCUT2D eigenvalue weighted by molar-refractivity contribution is 0.195. The Kier molecular flexibility index (Phi) is 3.71. The van der Waals surface area contributed by atoms with E-state index in [0.717, 1.165) is 29.8 Å². The average molecular weight is 285 g/mol. The van der Waals surface area contributed by atoms with Gasteiger partial charge in [0.1, 0.15) is 0 Å². The summed E-state index contributed by atoms with van der Waals surface area (Å²) in [5.41, 5.74) is 2.37. The predicted molar refractivity (Wildman–Crippen MR) is 71.3 cm³/mol. The number of hydrogen-bond donors (Lipinski definition) is 1. The van der Waals surface area contributed by atoms with Crippen molar-refractivity contribution in [2.75, 3.05) is 37.5 Å². The van der Waals surface area contributed by atoms with Crippen molar-refractivity contribution in [2.45, 2.75) is 12.5 Å². The molecule has 1 fully saturated rings. The van der Waals surface area contributed by atoms with Crippen LogP contribution in [0.5, 0.6) is 0 Å². The van der Waals surface area contributed by atoms with Crippen molar-refractivity contribution < 1.29 is 4.74 Å². The van der Waals surface area contributed by atoms with E-state index >= 15 is 0 Å². The van der Waals surface area contributed by atoms with E-state index in [2.05, 4.69) is 58.4 Å². The molecule has 2 rings (SSSR count). The number of rotatable bonds is 3. The molecule has 0 amide bonds. The average Bonchev–Trinajstić information content (AvgIpc) is 2.70. The van der Waals surface area contributed by atoms with E-state index in [4.69, 9.17) is 4.74 Å². The zero-order chi connectivity index (χ0) is 11.5. The SMILES string of the molecule is CN(C)c1ccc(Br)cc1NC1CCOC1. The van der Waals surface area contributed by atoms with E-state index in [1.807, 2.05) is 0 Å². The maximum Gasteiger partial charge on any atom is 0.0668 e. The molecule has 1 atom stereocenters. The first-order valence-electron chi connectivity index (χ1n) is 5.48. The van der Waals surface area contributed by atoms with Crippen LogP contribution in [0.2, 0.25) is 0 Å². The second-order valence-corrected chi connectivity index (χ2v) is 5.18. The number of nitrogens with one attached hydrogen (secondary N) is 1. The summed E-state index contributed by atoms with van der Waals surface area (Å²) in [6.07, 6.45) is 1.08. The Morgan fingerprint density at radius 2 is 2.25 bits per heavy atom. The molecule has 1 unspecified atom stereocenters. The van der Waals surface area contributed by atoms with Crippen LogP contribution in [0.25, 0.3) is 0 Å². The van der Waals surface area contributed by atoms with Gasteiger partial charge in [0, 0.05) is 25.2 Å². The highest BCUT2D eigenvalue weighted by molar-refractivity contribution is 9.10. The second kappa shape index (κ2) is 5.06. The molecule has 1 heterocycles. The van der Waals surface area contributed by atoms with Gasteiger partial charge >= 0.3 is 0 Å². The zero-order valence-corrected chi connectivity index (χ0v) is 11.3. The smallest absolute Gasteiger partial charge is 0.0668 e. The second-order valence-electron chi connectivity index (χ2n) is 4.26. The van der Waals surface area contributed by atoms with Gasteiger partial charge in [-0.05, 0) is 24.6 Å². The van der Waals surface area contributed by atoms with Gasteiger partial charge in [0.15, 0.2) is 0 Å². The number of halogens is 1. The summed E-state index contributed by atoms with van der Waals surface area (Å²) < 4.78 is 6.47. The van der Waals surface area contributed by atoms with Crippen LogP contribution in [-0.4, -0.2) is 33.4 Å². The Bertz CT molecular complexity index is 362. The van der Waals surface area contributed by atoms with E-state index in [-0.39, 0.29) is 0 Å². The van der Waals surface area contributed by atoms with Crippen LogP contribution in [0.3, 0.4) is 0 Å². The summed E-state index contributed by atoms with van der Waals surface area (Å²) in [4.78, 5) is 2.12. The highest BCUT2D eigenvalue weighted by Crippen LogP contribution is 2.29. The normalized spacial score (nSPS) is 19.8. The minimum Gasteiger partial charge on any atom is -0.379 e. The molecule has 16 heavy (non-hydrogen) atoms. The van der Waals surface area contributed by atoms with Crippen LogP contribution in [0, 0.1) is 0 Å². The fraction of sp³-hybridized carbons (Fsp3) is 0.500. The van der Waals surface area contributed by atoms with Crippen LogP contribution >= 0.6 is 15.9 Å². The number of anilines is 2. The van der Waals surface area contributed by atoms with Gasteiger partial charge in [-0.3, -0.25) is 0 Å². The molecule has 0 saturated carbocycles. The number of hydrogen-bond acceptors (Lipinski definition) is 3. The van der Waals surface area contributed by atoms with E-state index in [9.17, 15) is 0 Å². The molecule has 0 spiro atoms. The lowest BCUT2D eigenvalue weighted by atomic mass is 10.2. The monoisotopic (exact) mass is 284 g/mol. The van der Waals surface area contributed by atoms with E-state index in [1.165, 1.54) is 5.69 Å². The molecule has 1 aliphatic rings. The maximum absolute atomic E-state index is 5.37. The lowest BCUT2D eigenvalue weighted by Crippen LogP contribution is -2.21. The Labute approximate surface area is 105 Å². The fourth-order valence-electron chi connectivity index (χ4n) is 1.88. The molecule has 1 aromatic carbocycles. The quantitative estimate of drug-likeness (QED) is 0.924. The van der Waals surface area contributed by atoms with E-state index in [0.29, 0.717) is 6.04 Å². The summed E-state index contributed by atoms with van der Waals surface area (Å²) in [7, 11) is 4.11. The molecule has 0 aromatic heterocycles. The maximum atomic E-state index is 5.37. The Balaban J connectivity index is 2.19. The molecule has 1 aliphatic heterocycles. The van der Waals surface area contributed by atoms with Gasteiger partial charge in [-0.1, -0.05) is 15.9 Å². The van der Waals surface area contributed by atoms with Crippen molar-refractivity contribution >= 4 is 27.3 Å². The molecule has 0 bridgehead atoms. The van der Waals surface area contributed by atoms with Gasteiger partial charge in [-0.2, -0.15) is 0 Å². The van der Waals surface area contributed by atoms with Gasteiger partial charge in [0.05, 0.1) is 24.0 Å². The van der Waals surface area contributed by atoms with Crippen molar-refractivity contribution in [1.29, 1.82) is 0 Å².